The van der Waals surface area contributed by atoms with E-state index < -0.39 is 0 Å². The van der Waals surface area contributed by atoms with Gasteiger partial charge < -0.3 is 10.2 Å². The van der Waals surface area contributed by atoms with Crippen molar-refractivity contribution in [2.45, 2.75) is 20.3 Å². The fourth-order valence-corrected chi connectivity index (χ4v) is 2.93. The Morgan fingerprint density at radius 2 is 1.68 bits per heavy atom. The summed E-state index contributed by atoms with van der Waals surface area (Å²) in [5, 5.41) is 3.64. The van der Waals surface area contributed by atoms with Crippen molar-refractivity contribution in [3.05, 3.63) is 63.6 Å². The van der Waals surface area contributed by atoms with E-state index in [1.807, 2.05) is 26.0 Å². The smallest absolute Gasteiger partial charge is 0.255 e. The number of amides is 2. The van der Waals surface area contributed by atoms with Gasteiger partial charge in [0.05, 0.1) is 17.0 Å². The third-order valence-corrected chi connectivity index (χ3v) is 4.52. The number of benzene rings is 2. The molecule has 0 aliphatic carbocycles. The quantitative estimate of drug-likeness (QED) is 0.794. The number of hydrogen-bond donors (Lipinski definition) is 1. The number of hydrogen-bond acceptors (Lipinski definition) is 2. The SMILES string of the molecule is CCN(CC)C(=O)c1ccc(NC(=O)Cc2ccccc2Cl)cc1Cl. The molecule has 0 radical (unpaired) electrons. The van der Waals surface area contributed by atoms with Gasteiger partial charge in [-0.1, -0.05) is 41.4 Å². The number of halogens is 2. The first kappa shape index (κ1) is 19.3. The largest absolute Gasteiger partial charge is 0.339 e. The molecule has 2 aromatic rings. The topological polar surface area (TPSA) is 49.4 Å². The lowest BCUT2D eigenvalue weighted by atomic mass is 10.1. The van der Waals surface area contributed by atoms with E-state index in [0.29, 0.717) is 34.4 Å². The van der Waals surface area contributed by atoms with Crippen LogP contribution in [0.25, 0.3) is 0 Å². The third-order valence-electron chi connectivity index (χ3n) is 3.84. The van der Waals surface area contributed by atoms with Gasteiger partial charge in [0.2, 0.25) is 5.91 Å². The minimum atomic E-state index is -0.202. The summed E-state index contributed by atoms with van der Waals surface area (Å²) in [5.41, 5.74) is 1.72. The lowest BCUT2D eigenvalue weighted by Crippen LogP contribution is -2.30. The van der Waals surface area contributed by atoms with Crippen LogP contribution in [0, 0.1) is 0 Å². The number of anilines is 1. The normalized spacial score (nSPS) is 10.4. The van der Waals surface area contributed by atoms with Crippen molar-refractivity contribution < 1.29 is 9.59 Å². The van der Waals surface area contributed by atoms with E-state index in [2.05, 4.69) is 5.32 Å². The van der Waals surface area contributed by atoms with Crippen LogP contribution < -0.4 is 5.32 Å². The Labute approximate surface area is 157 Å². The van der Waals surface area contributed by atoms with Crippen LogP contribution in [0.5, 0.6) is 0 Å². The van der Waals surface area contributed by atoms with Crippen molar-refractivity contribution in [2.24, 2.45) is 0 Å². The molecule has 0 saturated carbocycles. The zero-order valence-electron chi connectivity index (χ0n) is 14.2. The van der Waals surface area contributed by atoms with Crippen molar-refractivity contribution >= 4 is 40.7 Å². The Kier molecular flexibility index (Phi) is 6.85. The second-order valence-corrected chi connectivity index (χ2v) is 6.30. The summed E-state index contributed by atoms with van der Waals surface area (Å²) in [7, 11) is 0. The molecule has 1 N–H and O–H groups in total. The van der Waals surface area contributed by atoms with E-state index in [-0.39, 0.29) is 18.2 Å². The highest BCUT2D eigenvalue weighted by atomic mass is 35.5. The van der Waals surface area contributed by atoms with E-state index in [4.69, 9.17) is 23.2 Å². The van der Waals surface area contributed by atoms with Crippen LogP contribution in [0.3, 0.4) is 0 Å². The summed E-state index contributed by atoms with van der Waals surface area (Å²) in [5.74, 6) is -0.323. The van der Waals surface area contributed by atoms with E-state index in [1.54, 1.807) is 35.2 Å². The standard InChI is InChI=1S/C19H20Cl2N2O2/c1-3-23(4-2)19(25)15-10-9-14(12-17(15)21)22-18(24)11-13-7-5-6-8-16(13)20/h5-10,12H,3-4,11H2,1-2H3,(H,22,24). The van der Waals surface area contributed by atoms with Crippen LogP contribution in [0.1, 0.15) is 29.8 Å². The first-order valence-corrected chi connectivity index (χ1v) is 8.83. The monoisotopic (exact) mass is 378 g/mol. The molecule has 4 nitrogen and oxygen atoms in total. The van der Waals surface area contributed by atoms with Crippen molar-refractivity contribution in [1.29, 1.82) is 0 Å². The van der Waals surface area contributed by atoms with E-state index in [9.17, 15) is 9.59 Å². The molecule has 0 aromatic heterocycles. The van der Waals surface area contributed by atoms with Gasteiger partial charge in [-0.05, 0) is 43.7 Å². The molecule has 2 amide bonds. The Morgan fingerprint density at radius 1 is 1.00 bits per heavy atom. The zero-order valence-corrected chi connectivity index (χ0v) is 15.7. The number of rotatable bonds is 6. The first-order chi connectivity index (χ1) is 12.0. The maximum atomic E-state index is 12.4. The molecule has 0 spiro atoms. The predicted octanol–water partition coefficient (Wildman–Crippen LogP) is 4.66. The van der Waals surface area contributed by atoms with E-state index in [1.165, 1.54) is 0 Å². The molecule has 0 unspecified atom stereocenters. The molecule has 0 aliphatic rings. The molecule has 0 bridgehead atoms. The minimum Gasteiger partial charge on any atom is -0.339 e. The van der Waals surface area contributed by atoms with Gasteiger partial charge >= 0.3 is 0 Å². The molecule has 0 saturated heterocycles. The summed E-state index contributed by atoms with van der Waals surface area (Å²) in [6.07, 6.45) is 0.164. The average Bonchev–Trinajstić information content (AvgIpc) is 2.58. The lowest BCUT2D eigenvalue weighted by molar-refractivity contribution is -0.115. The maximum Gasteiger partial charge on any atom is 0.255 e. The number of nitrogens with zero attached hydrogens (tertiary/aromatic N) is 1. The van der Waals surface area contributed by atoms with Crippen molar-refractivity contribution in [2.75, 3.05) is 18.4 Å². The fourth-order valence-electron chi connectivity index (χ4n) is 2.47. The Balaban J connectivity index is 2.09. The average molecular weight is 379 g/mol. The molecular formula is C19H20Cl2N2O2. The number of carbonyl (C=O) groups is 2. The van der Waals surface area contributed by atoms with Crippen molar-refractivity contribution in [3.8, 4) is 0 Å². The molecule has 2 rings (SSSR count). The van der Waals surface area contributed by atoms with Gasteiger partial charge in [-0.3, -0.25) is 9.59 Å². The van der Waals surface area contributed by atoms with Crippen LogP contribution in [0.2, 0.25) is 10.0 Å². The molecular weight excluding hydrogens is 359 g/mol. The van der Waals surface area contributed by atoms with Gasteiger partial charge in [-0.2, -0.15) is 0 Å². The van der Waals surface area contributed by atoms with Gasteiger partial charge in [0, 0.05) is 23.8 Å². The molecule has 0 aliphatic heterocycles. The highest BCUT2D eigenvalue weighted by Gasteiger charge is 2.16. The number of carbonyl (C=O) groups excluding carboxylic acids is 2. The second kappa shape index (κ2) is 8.88. The fraction of sp³-hybridized carbons (Fsp3) is 0.263. The Morgan fingerprint density at radius 3 is 2.28 bits per heavy atom. The summed E-state index contributed by atoms with van der Waals surface area (Å²) in [4.78, 5) is 26.2. The summed E-state index contributed by atoms with van der Waals surface area (Å²) >= 11 is 12.3. The minimum absolute atomic E-state index is 0.121. The molecule has 2 aromatic carbocycles. The molecule has 0 atom stereocenters. The zero-order chi connectivity index (χ0) is 18.4. The van der Waals surface area contributed by atoms with E-state index in [0.717, 1.165) is 5.56 Å². The predicted molar refractivity (Wildman–Crippen MR) is 102 cm³/mol. The number of nitrogens with one attached hydrogen (secondary N) is 1. The van der Waals surface area contributed by atoms with Crippen molar-refractivity contribution in [1.82, 2.24) is 4.90 Å². The Bertz CT molecular complexity index is 774. The van der Waals surface area contributed by atoms with Crippen LogP contribution in [-0.4, -0.2) is 29.8 Å². The van der Waals surface area contributed by atoms with Crippen LogP contribution in [0.15, 0.2) is 42.5 Å². The van der Waals surface area contributed by atoms with Gasteiger partial charge in [0.1, 0.15) is 0 Å². The molecule has 132 valence electrons. The molecule has 6 heteroatoms. The van der Waals surface area contributed by atoms with Gasteiger partial charge in [-0.25, -0.2) is 0 Å². The Hall–Kier alpha value is -2.04. The van der Waals surface area contributed by atoms with Gasteiger partial charge in [-0.15, -0.1) is 0 Å². The maximum absolute atomic E-state index is 12.4. The van der Waals surface area contributed by atoms with Crippen LogP contribution in [-0.2, 0) is 11.2 Å². The van der Waals surface area contributed by atoms with Gasteiger partial charge in [0.15, 0.2) is 0 Å². The second-order valence-electron chi connectivity index (χ2n) is 5.49. The third kappa shape index (κ3) is 4.97. The first-order valence-electron chi connectivity index (χ1n) is 8.08. The summed E-state index contributed by atoms with van der Waals surface area (Å²) in [6, 6.07) is 12.1. The van der Waals surface area contributed by atoms with Crippen molar-refractivity contribution in [3.63, 3.8) is 0 Å². The highest BCUT2D eigenvalue weighted by Crippen LogP contribution is 2.23. The van der Waals surface area contributed by atoms with E-state index >= 15 is 0 Å². The lowest BCUT2D eigenvalue weighted by Gasteiger charge is -2.19. The summed E-state index contributed by atoms with van der Waals surface area (Å²) < 4.78 is 0. The molecule has 0 fully saturated rings. The summed E-state index contributed by atoms with van der Waals surface area (Å²) in [6.45, 7) is 5.06. The highest BCUT2D eigenvalue weighted by molar-refractivity contribution is 6.34. The molecule has 0 heterocycles. The van der Waals surface area contributed by atoms with Crippen LogP contribution in [0.4, 0.5) is 5.69 Å². The van der Waals surface area contributed by atoms with Gasteiger partial charge in [0.25, 0.3) is 5.91 Å². The van der Waals surface area contributed by atoms with Crippen LogP contribution >= 0.6 is 23.2 Å². The molecule has 25 heavy (non-hydrogen) atoms.